The van der Waals surface area contributed by atoms with Gasteiger partial charge in [-0.15, -0.1) is 22.7 Å². The van der Waals surface area contributed by atoms with Crippen LogP contribution in [0.4, 0.5) is 5.69 Å². The Balaban J connectivity index is 1.66. The van der Waals surface area contributed by atoms with Gasteiger partial charge < -0.3 is 9.30 Å². The van der Waals surface area contributed by atoms with Crippen LogP contribution < -0.4 is 10.4 Å². The lowest BCUT2D eigenvalue weighted by Gasteiger charge is -2.13. The maximum absolute atomic E-state index is 13.3. The Morgan fingerprint density at radius 1 is 1.16 bits per heavy atom. The van der Waals surface area contributed by atoms with E-state index in [4.69, 9.17) is 9.73 Å². The van der Waals surface area contributed by atoms with Gasteiger partial charge >= 0.3 is 0 Å². The maximum atomic E-state index is 13.3. The molecule has 3 aromatic heterocycles. The molecule has 0 radical (unpaired) electrons. The summed E-state index contributed by atoms with van der Waals surface area (Å²) in [7, 11) is 1.90. The fourth-order valence-electron chi connectivity index (χ4n) is 3.99. The average Bonchev–Trinajstić information content (AvgIpc) is 3.57. The van der Waals surface area contributed by atoms with Crippen LogP contribution in [0.25, 0.3) is 16.3 Å². The molecule has 0 N–H and O–H groups in total. The quantitative estimate of drug-likeness (QED) is 0.448. The molecule has 1 saturated heterocycles. The van der Waals surface area contributed by atoms with Crippen molar-refractivity contribution in [2.24, 2.45) is 12.0 Å². The molecule has 31 heavy (non-hydrogen) atoms. The first-order chi connectivity index (χ1) is 15.1. The minimum Gasteiger partial charge on any atom is -0.376 e. The molecule has 0 amide bonds. The topological polar surface area (TPSA) is 53.5 Å². The molecular weight excluding hydrogens is 428 g/mol. The fourth-order valence-corrected chi connectivity index (χ4v) is 5.73. The molecule has 1 fully saturated rings. The SMILES string of the molecule is Cc1c(N=c2scc(-c3cccs3)n2CC2CCCO2)c(=O)n(-c2ccccc2)n1C. The maximum Gasteiger partial charge on any atom is 0.297 e. The Hall–Kier alpha value is -2.68. The number of hydrogen-bond acceptors (Lipinski definition) is 5. The normalized spacial score (nSPS) is 17.0. The Kier molecular flexibility index (Phi) is 5.52. The number of aromatic nitrogens is 3. The molecule has 5 rings (SSSR count). The van der Waals surface area contributed by atoms with E-state index in [1.54, 1.807) is 27.4 Å². The highest BCUT2D eigenvalue weighted by Crippen LogP contribution is 2.27. The number of hydrogen-bond donors (Lipinski definition) is 0. The first-order valence-corrected chi connectivity index (χ1v) is 12.1. The van der Waals surface area contributed by atoms with E-state index in [0.29, 0.717) is 5.69 Å². The predicted molar refractivity (Wildman–Crippen MR) is 126 cm³/mol. The van der Waals surface area contributed by atoms with E-state index in [-0.39, 0.29) is 11.7 Å². The first-order valence-electron chi connectivity index (χ1n) is 10.4. The van der Waals surface area contributed by atoms with Crippen molar-refractivity contribution >= 4 is 28.4 Å². The van der Waals surface area contributed by atoms with Crippen molar-refractivity contribution in [3.05, 3.63) is 74.1 Å². The van der Waals surface area contributed by atoms with E-state index in [0.717, 1.165) is 47.9 Å². The number of thiazole rings is 1. The van der Waals surface area contributed by atoms with Gasteiger partial charge in [0, 0.05) is 19.0 Å². The zero-order valence-electron chi connectivity index (χ0n) is 17.5. The standard InChI is InChI=1S/C23H24N4O2S2/c1-16-21(22(28)27(25(16)2)17-8-4-3-5-9-17)24-23-26(14-18-10-6-12-29-18)19(15-31-23)20-11-7-13-30-20/h3-5,7-9,11,13,15,18H,6,10,12,14H2,1-2H3. The molecule has 0 bridgehead atoms. The number of rotatable bonds is 5. The van der Waals surface area contributed by atoms with Crippen LogP contribution in [0.3, 0.4) is 0 Å². The minimum atomic E-state index is -0.110. The summed E-state index contributed by atoms with van der Waals surface area (Å²) in [6, 6.07) is 13.9. The van der Waals surface area contributed by atoms with Crippen LogP contribution in [-0.4, -0.2) is 26.6 Å². The van der Waals surface area contributed by atoms with Crippen LogP contribution >= 0.6 is 22.7 Å². The molecule has 0 spiro atoms. The number of ether oxygens (including phenoxy) is 1. The molecule has 0 aliphatic carbocycles. The van der Waals surface area contributed by atoms with Gasteiger partial charge in [0.1, 0.15) is 0 Å². The van der Waals surface area contributed by atoms with Crippen molar-refractivity contribution in [2.45, 2.75) is 32.4 Å². The molecule has 6 nitrogen and oxygen atoms in total. The second-order valence-corrected chi connectivity index (χ2v) is 9.43. The van der Waals surface area contributed by atoms with E-state index in [2.05, 4.69) is 27.5 Å². The smallest absolute Gasteiger partial charge is 0.297 e. The lowest BCUT2D eigenvalue weighted by molar-refractivity contribution is 0.0968. The number of nitrogens with zero attached hydrogens (tertiary/aromatic N) is 4. The van der Waals surface area contributed by atoms with Crippen molar-refractivity contribution in [1.82, 2.24) is 13.9 Å². The summed E-state index contributed by atoms with van der Waals surface area (Å²) in [5, 5.41) is 4.22. The molecular formula is C23H24N4O2S2. The number of benzene rings is 1. The van der Waals surface area contributed by atoms with Crippen molar-refractivity contribution in [2.75, 3.05) is 6.61 Å². The van der Waals surface area contributed by atoms with Crippen LogP contribution in [-0.2, 0) is 18.3 Å². The van der Waals surface area contributed by atoms with Crippen LogP contribution in [0.2, 0.25) is 0 Å². The highest BCUT2D eigenvalue weighted by Gasteiger charge is 2.21. The Labute approximate surface area is 188 Å². The lowest BCUT2D eigenvalue weighted by atomic mass is 10.2. The van der Waals surface area contributed by atoms with Crippen LogP contribution in [0, 0.1) is 6.92 Å². The number of thiophene rings is 1. The molecule has 4 aromatic rings. The predicted octanol–water partition coefficient (Wildman–Crippen LogP) is 4.49. The summed E-state index contributed by atoms with van der Waals surface area (Å²) in [6.07, 6.45) is 2.33. The summed E-state index contributed by atoms with van der Waals surface area (Å²) in [6.45, 7) is 3.50. The highest BCUT2D eigenvalue weighted by atomic mass is 32.1. The lowest BCUT2D eigenvalue weighted by Crippen LogP contribution is -2.24. The third-order valence-corrected chi connectivity index (χ3v) is 7.47. The van der Waals surface area contributed by atoms with Crippen LogP contribution in [0.5, 0.6) is 0 Å². The van der Waals surface area contributed by atoms with Crippen LogP contribution in [0.15, 0.2) is 63.0 Å². The van der Waals surface area contributed by atoms with Crippen molar-refractivity contribution in [3.8, 4) is 16.3 Å². The van der Waals surface area contributed by atoms with Gasteiger partial charge in [0.25, 0.3) is 5.56 Å². The molecule has 1 atom stereocenters. The summed E-state index contributed by atoms with van der Waals surface area (Å²) < 4.78 is 11.7. The molecule has 0 saturated carbocycles. The minimum absolute atomic E-state index is 0.110. The molecule has 4 heterocycles. The van der Waals surface area contributed by atoms with Crippen molar-refractivity contribution in [1.29, 1.82) is 0 Å². The number of para-hydroxylation sites is 1. The van der Waals surface area contributed by atoms with Crippen molar-refractivity contribution in [3.63, 3.8) is 0 Å². The molecule has 1 aliphatic heterocycles. The third-order valence-electron chi connectivity index (χ3n) is 5.71. The van der Waals surface area contributed by atoms with E-state index in [9.17, 15) is 4.79 Å². The molecule has 1 aliphatic rings. The zero-order chi connectivity index (χ0) is 21.4. The third kappa shape index (κ3) is 3.75. The first kappa shape index (κ1) is 20.2. The summed E-state index contributed by atoms with van der Waals surface area (Å²) in [5.41, 5.74) is 3.17. The average molecular weight is 453 g/mol. The summed E-state index contributed by atoms with van der Waals surface area (Å²) >= 11 is 3.28. The van der Waals surface area contributed by atoms with Gasteiger partial charge in [-0.2, -0.15) is 0 Å². The molecule has 160 valence electrons. The second-order valence-electron chi connectivity index (χ2n) is 7.65. The van der Waals surface area contributed by atoms with Gasteiger partial charge in [-0.05, 0) is 43.3 Å². The highest BCUT2D eigenvalue weighted by molar-refractivity contribution is 7.14. The zero-order valence-corrected chi connectivity index (χ0v) is 19.2. The van der Waals surface area contributed by atoms with Gasteiger partial charge in [0.15, 0.2) is 10.5 Å². The van der Waals surface area contributed by atoms with Gasteiger partial charge in [-0.3, -0.25) is 9.48 Å². The van der Waals surface area contributed by atoms with E-state index >= 15 is 0 Å². The van der Waals surface area contributed by atoms with E-state index < -0.39 is 0 Å². The molecule has 1 aromatic carbocycles. The summed E-state index contributed by atoms with van der Waals surface area (Å²) in [5.74, 6) is 0. The fraction of sp³-hybridized carbons (Fsp3) is 0.304. The largest absolute Gasteiger partial charge is 0.376 e. The van der Waals surface area contributed by atoms with E-state index in [1.807, 2.05) is 49.0 Å². The monoisotopic (exact) mass is 452 g/mol. The van der Waals surface area contributed by atoms with Gasteiger partial charge in [-0.1, -0.05) is 24.3 Å². The Bertz CT molecular complexity index is 1300. The molecule has 8 heteroatoms. The van der Waals surface area contributed by atoms with Crippen molar-refractivity contribution < 1.29 is 4.74 Å². The van der Waals surface area contributed by atoms with Gasteiger partial charge in [0.2, 0.25) is 0 Å². The van der Waals surface area contributed by atoms with Gasteiger partial charge in [-0.25, -0.2) is 9.67 Å². The second kappa shape index (κ2) is 8.45. The van der Waals surface area contributed by atoms with Gasteiger partial charge in [0.05, 0.1) is 34.6 Å². The van der Waals surface area contributed by atoms with E-state index in [1.165, 1.54) is 4.88 Å². The van der Waals surface area contributed by atoms with Crippen LogP contribution in [0.1, 0.15) is 18.5 Å². The molecule has 1 unspecified atom stereocenters. The summed E-state index contributed by atoms with van der Waals surface area (Å²) in [4.78, 5) is 20.2. The Morgan fingerprint density at radius 3 is 2.71 bits per heavy atom. The Morgan fingerprint density at radius 2 is 2.00 bits per heavy atom.